The number of carbonyl (C=O) groups excluding carboxylic acids is 1. The van der Waals surface area contributed by atoms with Crippen molar-refractivity contribution in [3.63, 3.8) is 0 Å². The maximum atomic E-state index is 11.8. The minimum absolute atomic E-state index is 0.0653. The summed E-state index contributed by atoms with van der Waals surface area (Å²) in [6.45, 7) is 6.60. The van der Waals surface area contributed by atoms with E-state index in [9.17, 15) is 4.79 Å². The molecule has 21 heavy (non-hydrogen) atoms. The average Bonchev–Trinajstić information content (AvgIpc) is 3.05. The second-order valence-corrected chi connectivity index (χ2v) is 4.95. The maximum absolute atomic E-state index is 11.8. The van der Waals surface area contributed by atoms with Crippen molar-refractivity contribution in [3.05, 3.63) is 30.2 Å². The number of carbonyl (C=O) groups is 1. The smallest absolute Gasteiger partial charge is 0.239 e. The van der Waals surface area contributed by atoms with Gasteiger partial charge in [-0.3, -0.25) is 9.48 Å². The van der Waals surface area contributed by atoms with Crippen molar-refractivity contribution in [2.75, 3.05) is 18.4 Å². The van der Waals surface area contributed by atoms with E-state index in [4.69, 9.17) is 0 Å². The third-order valence-electron chi connectivity index (χ3n) is 2.99. The number of hydrogen-bond donors (Lipinski definition) is 2. The van der Waals surface area contributed by atoms with Gasteiger partial charge in [0.1, 0.15) is 5.82 Å². The molecule has 0 bridgehead atoms. The minimum Gasteiger partial charge on any atom is -0.310 e. The van der Waals surface area contributed by atoms with Crippen LogP contribution in [-0.2, 0) is 17.9 Å². The van der Waals surface area contributed by atoms with E-state index in [2.05, 4.69) is 27.8 Å². The number of aromatic nitrogens is 4. The summed E-state index contributed by atoms with van der Waals surface area (Å²) in [6, 6.07) is 1.81. The molecule has 1 amide bonds. The van der Waals surface area contributed by atoms with Crippen LogP contribution in [0, 0.1) is 6.92 Å². The van der Waals surface area contributed by atoms with E-state index < -0.39 is 0 Å². The standard InChI is InChI=1S/C14H22N6O/c1-3-7-20-13(4-5-16-20)18-14(21)10-15-6-8-19-11-12(2)9-17-19/h4-5,9,11,15H,3,6-8,10H2,1-2H3,(H,18,21). The SMILES string of the molecule is CCCn1nccc1NC(=O)CNCCn1cc(C)cn1. The molecule has 2 rings (SSSR count). The predicted molar refractivity (Wildman–Crippen MR) is 81.0 cm³/mol. The highest BCUT2D eigenvalue weighted by Gasteiger charge is 2.06. The van der Waals surface area contributed by atoms with Gasteiger partial charge in [-0.15, -0.1) is 0 Å². The lowest BCUT2D eigenvalue weighted by molar-refractivity contribution is -0.115. The second kappa shape index (κ2) is 7.58. The largest absolute Gasteiger partial charge is 0.310 e. The lowest BCUT2D eigenvalue weighted by Crippen LogP contribution is -2.31. The van der Waals surface area contributed by atoms with Crippen molar-refractivity contribution in [3.8, 4) is 0 Å². The van der Waals surface area contributed by atoms with Crippen molar-refractivity contribution in [1.29, 1.82) is 0 Å². The lowest BCUT2D eigenvalue weighted by atomic mass is 10.4. The quantitative estimate of drug-likeness (QED) is 0.712. The van der Waals surface area contributed by atoms with Crippen molar-refractivity contribution < 1.29 is 4.79 Å². The molecule has 2 aromatic rings. The van der Waals surface area contributed by atoms with Gasteiger partial charge in [0, 0.05) is 25.4 Å². The van der Waals surface area contributed by atoms with E-state index in [1.807, 2.05) is 24.0 Å². The topological polar surface area (TPSA) is 76.8 Å². The molecule has 2 N–H and O–H groups in total. The summed E-state index contributed by atoms with van der Waals surface area (Å²) in [6.07, 6.45) is 6.47. The van der Waals surface area contributed by atoms with Crippen molar-refractivity contribution in [2.24, 2.45) is 0 Å². The highest BCUT2D eigenvalue weighted by molar-refractivity contribution is 5.91. The minimum atomic E-state index is -0.0653. The summed E-state index contributed by atoms with van der Waals surface area (Å²) in [5.74, 6) is 0.677. The van der Waals surface area contributed by atoms with Crippen LogP contribution in [0.5, 0.6) is 0 Å². The van der Waals surface area contributed by atoms with Crippen LogP contribution in [0.1, 0.15) is 18.9 Å². The molecule has 0 unspecified atom stereocenters. The Morgan fingerprint density at radius 2 is 2.19 bits per heavy atom. The van der Waals surface area contributed by atoms with Gasteiger partial charge in [-0.1, -0.05) is 6.92 Å². The fraction of sp³-hybridized carbons (Fsp3) is 0.500. The zero-order valence-electron chi connectivity index (χ0n) is 12.5. The Morgan fingerprint density at radius 3 is 2.90 bits per heavy atom. The molecule has 7 heteroatoms. The number of amides is 1. The average molecular weight is 290 g/mol. The van der Waals surface area contributed by atoms with Gasteiger partial charge >= 0.3 is 0 Å². The maximum Gasteiger partial charge on any atom is 0.239 e. The van der Waals surface area contributed by atoms with Crippen LogP contribution in [0.4, 0.5) is 5.82 Å². The van der Waals surface area contributed by atoms with Gasteiger partial charge < -0.3 is 10.6 Å². The van der Waals surface area contributed by atoms with E-state index in [0.717, 1.165) is 30.9 Å². The fourth-order valence-corrected chi connectivity index (χ4v) is 2.00. The van der Waals surface area contributed by atoms with Crippen LogP contribution in [0.2, 0.25) is 0 Å². The van der Waals surface area contributed by atoms with E-state index in [0.29, 0.717) is 6.54 Å². The molecule has 0 radical (unpaired) electrons. The first kappa shape index (κ1) is 15.2. The van der Waals surface area contributed by atoms with Gasteiger partial charge in [-0.2, -0.15) is 10.2 Å². The van der Waals surface area contributed by atoms with Gasteiger partial charge in [-0.05, 0) is 18.9 Å². The summed E-state index contributed by atoms with van der Waals surface area (Å²) in [5.41, 5.74) is 1.14. The van der Waals surface area contributed by atoms with Crippen molar-refractivity contribution in [1.82, 2.24) is 24.9 Å². The third-order valence-corrected chi connectivity index (χ3v) is 2.99. The summed E-state index contributed by atoms with van der Waals surface area (Å²) in [7, 11) is 0. The first-order chi connectivity index (χ1) is 10.2. The van der Waals surface area contributed by atoms with Crippen LogP contribution in [0.15, 0.2) is 24.7 Å². The Kier molecular flexibility index (Phi) is 5.51. The van der Waals surface area contributed by atoms with Crippen LogP contribution in [0.3, 0.4) is 0 Å². The van der Waals surface area contributed by atoms with E-state index in [1.165, 1.54) is 0 Å². The number of nitrogens with one attached hydrogen (secondary N) is 2. The van der Waals surface area contributed by atoms with E-state index in [-0.39, 0.29) is 12.5 Å². The molecule has 0 aromatic carbocycles. The number of hydrogen-bond acceptors (Lipinski definition) is 4. The van der Waals surface area contributed by atoms with E-state index >= 15 is 0 Å². The van der Waals surface area contributed by atoms with Crippen molar-refractivity contribution in [2.45, 2.75) is 33.4 Å². The van der Waals surface area contributed by atoms with Crippen LogP contribution in [-0.4, -0.2) is 38.6 Å². The molecule has 2 heterocycles. The van der Waals surface area contributed by atoms with Gasteiger partial charge in [0.25, 0.3) is 0 Å². The summed E-state index contributed by atoms with van der Waals surface area (Å²) < 4.78 is 3.65. The zero-order chi connectivity index (χ0) is 15.1. The molecule has 0 aliphatic rings. The first-order valence-electron chi connectivity index (χ1n) is 7.20. The molecular formula is C14H22N6O. The predicted octanol–water partition coefficient (Wildman–Crippen LogP) is 1.03. The normalized spacial score (nSPS) is 10.8. The Balaban J connectivity index is 1.68. The summed E-state index contributed by atoms with van der Waals surface area (Å²) in [5, 5.41) is 14.3. The molecule has 0 saturated heterocycles. The van der Waals surface area contributed by atoms with E-state index in [1.54, 1.807) is 16.9 Å². The molecule has 0 fully saturated rings. The number of nitrogens with zero attached hydrogens (tertiary/aromatic N) is 4. The zero-order valence-corrected chi connectivity index (χ0v) is 12.5. The highest BCUT2D eigenvalue weighted by Crippen LogP contribution is 2.06. The van der Waals surface area contributed by atoms with Gasteiger partial charge in [0.05, 0.1) is 25.5 Å². The van der Waals surface area contributed by atoms with Crippen molar-refractivity contribution >= 4 is 11.7 Å². The first-order valence-corrected chi connectivity index (χ1v) is 7.20. The summed E-state index contributed by atoms with van der Waals surface area (Å²) >= 11 is 0. The molecule has 0 spiro atoms. The highest BCUT2D eigenvalue weighted by atomic mass is 16.2. The molecule has 0 aliphatic heterocycles. The second-order valence-electron chi connectivity index (χ2n) is 4.95. The van der Waals surface area contributed by atoms with Gasteiger partial charge in [0.2, 0.25) is 5.91 Å². The van der Waals surface area contributed by atoms with Crippen LogP contribution < -0.4 is 10.6 Å². The molecule has 114 valence electrons. The number of anilines is 1. The van der Waals surface area contributed by atoms with Crippen LogP contribution in [0.25, 0.3) is 0 Å². The van der Waals surface area contributed by atoms with Crippen LogP contribution >= 0.6 is 0 Å². The van der Waals surface area contributed by atoms with Gasteiger partial charge in [-0.25, -0.2) is 4.68 Å². The molecule has 2 aromatic heterocycles. The Bertz CT molecular complexity index is 574. The molecule has 0 atom stereocenters. The number of aryl methyl sites for hydroxylation is 2. The third kappa shape index (κ3) is 4.71. The fourth-order valence-electron chi connectivity index (χ4n) is 2.00. The molecular weight excluding hydrogens is 268 g/mol. The Morgan fingerprint density at radius 1 is 1.33 bits per heavy atom. The van der Waals surface area contributed by atoms with Gasteiger partial charge in [0.15, 0.2) is 0 Å². The Labute approximate surface area is 124 Å². The lowest BCUT2D eigenvalue weighted by Gasteiger charge is -2.09. The monoisotopic (exact) mass is 290 g/mol. The Hall–Kier alpha value is -2.15. The molecule has 7 nitrogen and oxygen atoms in total. The number of rotatable bonds is 8. The molecule has 0 saturated carbocycles. The summed E-state index contributed by atoms with van der Waals surface area (Å²) in [4.78, 5) is 11.8. The molecule has 0 aliphatic carbocycles.